The summed E-state index contributed by atoms with van der Waals surface area (Å²) in [4.78, 5) is 8.67. The highest BCUT2D eigenvalue weighted by molar-refractivity contribution is 6.03. The van der Waals surface area contributed by atoms with Crippen molar-refractivity contribution in [2.24, 2.45) is 21.5 Å². The van der Waals surface area contributed by atoms with Crippen molar-refractivity contribution in [3.8, 4) is 11.5 Å². The summed E-state index contributed by atoms with van der Waals surface area (Å²) in [5, 5.41) is 5.92. The molecule has 1 atom stereocenters. The molecular weight excluding hydrogens is 272 g/mol. The number of rotatable bonds is 3. The molecule has 0 amide bonds. The Morgan fingerprint density at radius 3 is 2.29 bits per heavy atom. The van der Waals surface area contributed by atoms with E-state index in [1.165, 1.54) is 0 Å². The Morgan fingerprint density at radius 1 is 1.00 bits per heavy atom. The second-order valence-corrected chi connectivity index (χ2v) is 4.54. The minimum atomic E-state index is -0.446. The van der Waals surface area contributed by atoms with Gasteiger partial charge in [0.05, 0.1) is 14.2 Å². The molecule has 1 aromatic rings. The number of hydrogen-bond acceptors (Lipinski definition) is 8. The number of fused-ring (bicyclic) bond motifs is 1. The van der Waals surface area contributed by atoms with Crippen LogP contribution in [-0.2, 0) is 0 Å². The largest absolute Gasteiger partial charge is 0.497 e. The lowest BCUT2D eigenvalue weighted by atomic mass is 10.2. The van der Waals surface area contributed by atoms with Crippen molar-refractivity contribution in [2.45, 2.75) is 6.17 Å². The summed E-state index contributed by atoms with van der Waals surface area (Å²) in [6, 6.07) is 5.49. The number of nitrogens with zero attached hydrogens (tertiary/aromatic N) is 2. The number of nitrogens with two attached hydrogens (primary N) is 2. The van der Waals surface area contributed by atoms with Gasteiger partial charge < -0.3 is 31.6 Å². The first-order valence-electron chi connectivity index (χ1n) is 6.29. The summed E-state index contributed by atoms with van der Waals surface area (Å²) in [6.45, 7) is 0. The van der Waals surface area contributed by atoms with Crippen LogP contribution in [0.5, 0.6) is 11.5 Å². The van der Waals surface area contributed by atoms with Crippen molar-refractivity contribution in [3.05, 3.63) is 35.3 Å². The summed E-state index contributed by atoms with van der Waals surface area (Å²) in [5.74, 6) is 2.64. The van der Waals surface area contributed by atoms with Crippen LogP contribution >= 0.6 is 0 Å². The van der Waals surface area contributed by atoms with Gasteiger partial charge in [-0.05, 0) is 12.1 Å². The van der Waals surface area contributed by atoms with Crippen LogP contribution in [-0.4, -0.2) is 32.2 Å². The molecule has 1 unspecified atom stereocenters. The van der Waals surface area contributed by atoms with Gasteiger partial charge in [0.25, 0.3) is 0 Å². The fraction of sp³-hybridized carbons (Fsp3) is 0.231. The second-order valence-electron chi connectivity index (χ2n) is 4.54. The molecule has 3 rings (SSSR count). The van der Waals surface area contributed by atoms with Crippen molar-refractivity contribution in [1.29, 1.82) is 0 Å². The zero-order valence-electron chi connectivity index (χ0n) is 11.7. The molecule has 2 heterocycles. The molecule has 0 spiro atoms. The Morgan fingerprint density at radius 2 is 1.67 bits per heavy atom. The molecule has 110 valence electrons. The van der Waals surface area contributed by atoms with Crippen LogP contribution in [0, 0.1) is 0 Å². The maximum Gasteiger partial charge on any atom is 0.196 e. The van der Waals surface area contributed by atoms with Crippen molar-refractivity contribution in [3.63, 3.8) is 0 Å². The molecular formula is C13H16N6O2. The monoisotopic (exact) mass is 288 g/mol. The molecule has 21 heavy (non-hydrogen) atoms. The molecule has 1 aromatic carbocycles. The van der Waals surface area contributed by atoms with Gasteiger partial charge in [0.2, 0.25) is 0 Å². The van der Waals surface area contributed by atoms with E-state index in [4.69, 9.17) is 20.9 Å². The lowest BCUT2D eigenvalue weighted by Gasteiger charge is -2.17. The highest BCUT2D eigenvalue weighted by Crippen LogP contribution is 2.26. The van der Waals surface area contributed by atoms with E-state index in [1.807, 2.05) is 12.1 Å². The van der Waals surface area contributed by atoms with Crippen LogP contribution in [0.1, 0.15) is 5.56 Å². The lowest BCUT2D eigenvalue weighted by molar-refractivity contribution is 0.394. The van der Waals surface area contributed by atoms with E-state index in [1.54, 1.807) is 20.3 Å². The molecule has 0 bridgehead atoms. The first-order valence-corrected chi connectivity index (χ1v) is 6.29. The van der Waals surface area contributed by atoms with Crippen LogP contribution in [0.3, 0.4) is 0 Å². The third-order valence-electron chi connectivity index (χ3n) is 3.20. The molecule has 6 N–H and O–H groups in total. The van der Waals surface area contributed by atoms with Gasteiger partial charge in [-0.3, -0.25) is 0 Å². The third kappa shape index (κ3) is 2.31. The summed E-state index contributed by atoms with van der Waals surface area (Å²) < 4.78 is 10.5. The number of guanidine groups is 1. The van der Waals surface area contributed by atoms with Crippen LogP contribution in [0.2, 0.25) is 0 Å². The van der Waals surface area contributed by atoms with Crippen molar-refractivity contribution < 1.29 is 9.47 Å². The summed E-state index contributed by atoms with van der Waals surface area (Å²) >= 11 is 0. The quantitative estimate of drug-likeness (QED) is 0.591. The molecule has 2 aliphatic heterocycles. The Balaban J connectivity index is 1.99. The maximum absolute atomic E-state index is 5.89. The fourth-order valence-corrected chi connectivity index (χ4v) is 2.17. The number of hydrogen-bond donors (Lipinski definition) is 4. The van der Waals surface area contributed by atoms with E-state index in [2.05, 4.69) is 20.6 Å². The zero-order chi connectivity index (χ0) is 15.0. The number of methoxy groups -OCH3 is 2. The van der Waals surface area contributed by atoms with Gasteiger partial charge >= 0.3 is 0 Å². The van der Waals surface area contributed by atoms with E-state index in [0.717, 1.165) is 5.56 Å². The normalized spacial score (nSPS) is 20.0. The number of nitrogens with one attached hydrogen (secondary N) is 2. The highest BCUT2D eigenvalue weighted by Gasteiger charge is 2.29. The summed E-state index contributed by atoms with van der Waals surface area (Å²) in [5.41, 5.74) is 13.0. The van der Waals surface area contributed by atoms with Gasteiger partial charge in [0.1, 0.15) is 28.9 Å². The smallest absolute Gasteiger partial charge is 0.196 e. The molecule has 0 saturated carbocycles. The third-order valence-corrected chi connectivity index (χ3v) is 3.20. The van der Waals surface area contributed by atoms with Gasteiger partial charge in [-0.15, -0.1) is 0 Å². The second kappa shape index (κ2) is 4.89. The highest BCUT2D eigenvalue weighted by atomic mass is 16.5. The number of aliphatic imine (C=N–C) groups is 2. The maximum atomic E-state index is 5.89. The molecule has 0 aromatic heterocycles. The van der Waals surface area contributed by atoms with Gasteiger partial charge in [0.15, 0.2) is 12.1 Å². The van der Waals surface area contributed by atoms with E-state index >= 15 is 0 Å². The first-order chi connectivity index (χ1) is 10.1. The van der Waals surface area contributed by atoms with Crippen LogP contribution in [0.4, 0.5) is 0 Å². The van der Waals surface area contributed by atoms with E-state index < -0.39 is 6.17 Å². The minimum absolute atomic E-state index is 0.247. The average Bonchev–Trinajstić information content (AvgIpc) is 2.91. The Kier molecular flexibility index (Phi) is 3.05. The van der Waals surface area contributed by atoms with Gasteiger partial charge in [-0.25, -0.2) is 9.98 Å². The van der Waals surface area contributed by atoms with Gasteiger partial charge in [0, 0.05) is 11.6 Å². The van der Waals surface area contributed by atoms with Crippen LogP contribution in [0.25, 0.3) is 0 Å². The van der Waals surface area contributed by atoms with E-state index in [9.17, 15) is 0 Å². The average molecular weight is 288 g/mol. The van der Waals surface area contributed by atoms with Crippen molar-refractivity contribution in [1.82, 2.24) is 10.6 Å². The standard InChI is InChI=1S/C13H16N6O2/c1-20-7-3-6(4-8(5-7)21-2)11-16-9-10(14)17-13(15)19-12(9)18-11/h3-5,12H,14H2,1-2H3,(H,16,18)(H3,15,17,19). The number of ether oxygens (including phenoxy) is 2. The molecule has 0 fully saturated rings. The first kappa shape index (κ1) is 13.1. The predicted octanol–water partition coefficient (Wildman–Crippen LogP) is -0.575. The Hall–Kier alpha value is -2.90. The lowest BCUT2D eigenvalue weighted by Crippen LogP contribution is -2.42. The number of amidine groups is 1. The van der Waals surface area contributed by atoms with Gasteiger partial charge in [-0.2, -0.15) is 0 Å². The van der Waals surface area contributed by atoms with Crippen molar-refractivity contribution >= 4 is 11.8 Å². The molecule has 0 aliphatic carbocycles. The topological polar surface area (TPSA) is 119 Å². The Labute approximate surface area is 121 Å². The molecule has 8 nitrogen and oxygen atoms in total. The van der Waals surface area contributed by atoms with Gasteiger partial charge in [-0.1, -0.05) is 0 Å². The summed E-state index contributed by atoms with van der Waals surface area (Å²) in [7, 11) is 3.19. The van der Waals surface area contributed by atoms with E-state index in [0.29, 0.717) is 28.9 Å². The zero-order valence-corrected chi connectivity index (χ0v) is 11.7. The van der Waals surface area contributed by atoms with Crippen LogP contribution < -0.4 is 31.6 Å². The minimum Gasteiger partial charge on any atom is -0.497 e. The molecule has 2 aliphatic rings. The SMILES string of the molecule is COc1cc(OC)cc(C2=NC3N=C(N)NC(N)=C3N2)c1. The predicted molar refractivity (Wildman–Crippen MR) is 79.0 cm³/mol. The molecule has 0 radical (unpaired) electrons. The Bertz CT molecular complexity index is 657. The van der Waals surface area contributed by atoms with Crippen LogP contribution in [0.15, 0.2) is 39.7 Å². The molecule has 8 heteroatoms. The van der Waals surface area contributed by atoms with Crippen molar-refractivity contribution in [2.75, 3.05) is 14.2 Å². The van der Waals surface area contributed by atoms with E-state index in [-0.39, 0.29) is 5.96 Å². The molecule has 0 saturated heterocycles. The number of benzene rings is 1. The fourth-order valence-electron chi connectivity index (χ4n) is 2.17. The summed E-state index contributed by atoms with van der Waals surface area (Å²) in [6.07, 6.45) is -0.446.